The molecule has 3 rings (SSSR count). The molecule has 0 aliphatic heterocycles. The molecule has 2 aromatic carbocycles. The summed E-state index contributed by atoms with van der Waals surface area (Å²) < 4.78 is 1.18. The van der Waals surface area contributed by atoms with Gasteiger partial charge in [-0.3, -0.25) is 0 Å². The highest BCUT2D eigenvalue weighted by Crippen LogP contribution is 2.40. The number of rotatable bonds is 6. The van der Waals surface area contributed by atoms with E-state index in [0.717, 1.165) is 32.4 Å². The Morgan fingerprint density at radius 2 is 1.52 bits per heavy atom. The van der Waals surface area contributed by atoms with E-state index in [1.807, 2.05) is 12.1 Å². The first-order chi connectivity index (χ1) is 12.0. The van der Waals surface area contributed by atoms with Crippen molar-refractivity contribution in [2.24, 2.45) is 5.73 Å². The number of primary amides is 1. The van der Waals surface area contributed by atoms with Crippen molar-refractivity contribution in [3.05, 3.63) is 47.5 Å². The predicted molar refractivity (Wildman–Crippen MR) is 109 cm³/mol. The van der Waals surface area contributed by atoms with Gasteiger partial charge in [0.25, 0.3) is 0 Å². The zero-order valence-electron chi connectivity index (χ0n) is 14.8. The Morgan fingerprint density at radius 3 is 2.04 bits per heavy atom. The second-order valence-electron chi connectivity index (χ2n) is 6.50. The van der Waals surface area contributed by atoms with Gasteiger partial charge in [-0.2, -0.15) is 0 Å². The minimum Gasteiger partial charge on any atom is -0.372 e. The van der Waals surface area contributed by atoms with Crippen LogP contribution in [0.2, 0.25) is 0 Å². The van der Waals surface area contributed by atoms with Crippen molar-refractivity contribution >= 4 is 30.2 Å². The van der Waals surface area contributed by atoms with Gasteiger partial charge in [0.1, 0.15) is 0 Å². The van der Waals surface area contributed by atoms with Gasteiger partial charge in [-0.25, -0.2) is 9.10 Å². The van der Waals surface area contributed by atoms with E-state index in [1.165, 1.54) is 32.2 Å². The average Bonchev–Trinajstić information content (AvgIpc) is 2.97. The second-order valence-corrected chi connectivity index (χ2v) is 6.90. The molecular weight excluding hydrogens is 330 g/mol. The fourth-order valence-corrected chi connectivity index (χ4v) is 3.67. The Bertz CT molecular complexity index is 785. The van der Waals surface area contributed by atoms with E-state index in [-0.39, 0.29) is 0 Å². The highest BCUT2D eigenvalue weighted by molar-refractivity contribution is 7.82. The van der Waals surface area contributed by atoms with E-state index in [0.29, 0.717) is 5.69 Å². The number of anilines is 2. The summed E-state index contributed by atoms with van der Waals surface area (Å²) in [7, 11) is 0. The van der Waals surface area contributed by atoms with Crippen LogP contribution in [0, 0.1) is 0 Å². The lowest BCUT2D eigenvalue weighted by atomic mass is 10.0. The molecule has 5 heteroatoms. The Balaban J connectivity index is 1.91. The summed E-state index contributed by atoms with van der Waals surface area (Å²) >= 11 is 4.16. The molecule has 2 amide bonds. The van der Waals surface area contributed by atoms with E-state index >= 15 is 0 Å². The number of thiol groups is 1. The number of benzene rings is 2. The molecule has 0 fully saturated rings. The lowest BCUT2D eigenvalue weighted by Gasteiger charge is -2.24. The van der Waals surface area contributed by atoms with Crippen molar-refractivity contribution in [2.75, 3.05) is 22.3 Å². The van der Waals surface area contributed by atoms with Crippen LogP contribution in [0.5, 0.6) is 0 Å². The monoisotopic (exact) mass is 355 g/mol. The standard InChI is InChI=1S/C20H25N3OS/c1-3-9-22(10-4-2)16-5-7-18-14(12-16)11-15-13-17(6-8-19(15)18)23(25)20(21)24/h5-8,12-13,25H,3-4,9-11H2,1-2H3,(H2,21,24). The maximum Gasteiger partial charge on any atom is 0.329 e. The van der Waals surface area contributed by atoms with Gasteiger partial charge in [0.2, 0.25) is 0 Å². The minimum atomic E-state index is -0.573. The van der Waals surface area contributed by atoms with Gasteiger partial charge >= 0.3 is 6.03 Å². The molecule has 0 saturated heterocycles. The SMILES string of the molecule is CCCN(CCC)c1ccc2c(c1)Cc1cc(N(S)C(N)=O)ccc1-2. The van der Waals surface area contributed by atoms with Gasteiger partial charge in [-0.1, -0.05) is 38.8 Å². The van der Waals surface area contributed by atoms with Crippen LogP contribution < -0.4 is 14.9 Å². The third kappa shape index (κ3) is 3.47. The molecule has 2 aromatic rings. The maximum absolute atomic E-state index is 11.3. The maximum atomic E-state index is 11.3. The molecule has 0 aromatic heterocycles. The molecule has 0 unspecified atom stereocenters. The molecule has 132 valence electrons. The molecule has 0 spiro atoms. The number of hydrogen-bond donors (Lipinski definition) is 2. The molecule has 1 aliphatic rings. The first-order valence-corrected chi connectivity index (χ1v) is 9.24. The van der Waals surface area contributed by atoms with Gasteiger partial charge in [-0.05, 0) is 65.8 Å². The molecule has 0 heterocycles. The zero-order valence-corrected chi connectivity index (χ0v) is 15.7. The largest absolute Gasteiger partial charge is 0.372 e. The minimum absolute atomic E-state index is 0.573. The normalized spacial score (nSPS) is 11.8. The van der Waals surface area contributed by atoms with Crippen molar-refractivity contribution in [3.8, 4) is 11.1 Å². The lowest BCUT2D eigenvalue weighted by Crippen LogP contribution is -2.27. The van der Waals surface area contributed by atoms with E-state index in [9.17, 15) is 4.79 Å². The molecule has 0 radical (unpaired) electrons. The molecule has 2 N–H and O–H groups in total. The van der Waals surface area contributed by atoms with Gasteiger partial charge in [-0.15, -0.1) is 0 Å². The quantitative estimate of drug-likeness (QED) is 0.634. The molecule has 25 heavy (non-hydrogen) atoms. The number of fused-ring (bicyclic) bond motifs is 3. The predicted octanol–water partition coefficient (Wildman–Crippen LogP) is 4.61. The molecule has 0 bridgehead atoms. The van der Waals surface area contributed by atoms with E-state index in [1.54, 1.807) is 0 Å². The van der Waals surface area contributed by atoms with E-state index in [4.69, 9.17) is 5.73 Å². The third-order valence-corrected chi connectivity index (χ3v) is 5.08. The number of hydrogen-bond acceptors (Lipinski definition) is 3. The number of urea groups is 1. The van der Waals surface area contributed by atoms with Crippen LogP contribution in [0.3, 0.4) is 0 Å². The van der Waals surface area contributed by atoms with Gasteiger partial charge in [0.15, 0.2) is 0 Å². The lowest BCUT2D eigenvalue weighted by molar-refractivity contribution is 0.257. The van der Waals surface area contributed by atoms with Crippen LogP contribution in [0.25, 0.3) is 11.1 Å². The van der Waals surface area contributed by atoms with Crippen molar-refractivity contribution < 1.29 is 4.79 Å². The molecule has 4 nitrogen and oxygen atoms in total. The van der Waals surface area contributed by atoms with E-state index < -0.39 is 6.03 Å². The summed E-state index contributed by atoms with van der Waals surface area (Å²) in [5.41, 5.74) is 12.4. The number of carbonyl (C=O) groups excluding carboxylic acids is 1. The summed E-state index contributed by atoms with van der Waals surface area (Å²) in [6.45, 7) is 6.60. The summed E-state index contributed by atoms with van der Waals surface area (Å²) in [5.74, 6) is 0. The van der Waals surface area contributed by atoms with Gasteiger partial charge < -0.3 is 10.6 Å². The fraction of sp³-hybridized carbons (Fsp3) is 0.350. The summed E-state index contributed by atoms with van der Waals surface area (Å²) in [4.78, 5) is 13.8. The Labute approximate surface area is 155 Å². The van der Waals surface area contributed by atoms with Crippen LogP contribution in [-0.4, -0.2) is 19.1 Å². The Kier molecular flexibility index (Phi) is 5.23. The zero-order chi connectivity index (χ0) is 18.0. The second kappa shape index (κ2) is 7.40. The molecule has 1 aliphatic carbocycles. The Morgan fingerprint density at radius 1 is 1.00 bits per heavy atom. The summed E-state index contributed by atoms with van der Waals surface area (Å²) in [6.07, 6.45) is 3.16. The molecular formula is C20H25N3OS. The van der Waals surface area contributed by atoms with Crippen molar-refractivity contribution in [1.82, 2.24) is 0 Å². The van der Waals surface area contributed by atoms with Crippen molar-refractivity contribution in [1.29, 1.82) is 0 Å². The van der Waals surface area contributed by atoms with E-state index in [2.05, 4.69) is 55.8 Å². The smallest absolute Gasteiger partial charge is 0.329 e. The Hall–Kier alpha value is -2.14. The average molecular weight is 356 g/mol. The topological polar surface area (TPSA) is 49.6 Å². The molecule has 0 atom stereocenters. The van der Waals surface area contributed by atoms with Crippen LogP contribution in [0.4, 0.5) is 16.2 Å². The van der Waals surface area contributed by atoms with Crippen LogP contribution in [0.1, 0.15) is 37.8 Å². The van der Waals surface area contributed by atoms with Crippen molar-refractivity contribution in [3.63, 3.8) is 0 Å². The number of carbonyl (C=O) groups is 1. The third-order valence-electron chi connectivity index (χ3n) is 4.65. The highest BCUT2D eigenvalue weighted by Gasteiger charge is 2.21. The highest BCUT2D eigenvalue weighted by atomic mass is 32.1. The first-order valence-electron chi connectivity index (χ1n) is 8.84. The fourth-order valence-electron chi connectivity index (χ4n) is 3.55. The number of amides is 2. The summed E-state index contributed by atoms with van der Waals surface area (Å²) in [5, 5.41) is 0. The van der Waals surface area contributed by atoms with Crippen LogP contribution in [0.15, 0.2) is 36.4 Å². The first kappa shape index (κ1) is 17.7. The van der Waals surface area contributed by atoms with Gasteiger partial charge in [0.05, 0.1) is 5.69 Å². The van der Waals surface area contributed by atoms with Crippen LogP contribution >= 0.6 is 12.8 Å². The molecule has 0 saturated carbocycles. The van der Waals surface area contributed by atoms with Crippen molar-refractivity contribution in [2.45, 2.75) is 33.1 Å². The van der Waals surface area contributed by atoms with Gasteiger partial charge in [0, 0.05) is 18.8 Å². The summed E-state index contributed by atoms with van der Waals surface area (Å²) in [6, 6.07) is 12.1. The van der Waals surface area contributed by atoms with Crippen LogP contribution in [-0.2, 0) is 6.42 Å². The number of nitrogens with two attached hydrogens (primary N) is 1. The number of nitrogens with zero attached hydrogens (tertiary/aromatic N) is 2.